The number of nitrogens with one attached hydrogen (secondary N) is 1. The zero-order chi connectivity index (χ0) is 21.5. The minimum absolute atomic E-state index is 0.0614. The highest BCUT2D eigenvalue weighted by Gasteiger charge is 2.30. The zero-order valence-electron chi connectivity index (χ0n) is 17.9. The van der Waals surface area contributed by atoms with Gasteiger partial charge in [0.1, 0.15) is 6.04 Å². The Balaban J connectivity index is 1.82. The summed E-state index contributed by atoms with van der Waals surface area (Å²) in [5.41, 5.74) is 2.95. The molecule has 160 valence electrons. The Labute approximate surface area is 184 Å². The van der Waals surface area contributed by atoms with Crippen LogP contribution in [0.4, 0.5) is 0 Å². The molecule has 5 heteroatoms. The number of carbonyl (C=O) groups is 2. The molecule has 2 aromatic carbocycles. The highest BCUT2D eigenvalue weighted by atomic mass is 35.5. The lowest BCUT2D eigenvalue weighted by atomic mass is 10.1. The molecule has 0 bridgehead atoms. The van der Waals surface area contributed by atoms with E-state index in [2.05, 4.69) is 5.32 Å². The van der Waals surface area contributed by atoms with Gasteiger partial charge in [-0.25, -0.2) is 0 Å². The Morgan fingerprint density at radius 3 is 2.40 bits per heavy atom. The first kappa shape index (κ1) is 22.4. The molecule has 1 aliphatic rings. The van der Waals surface area contributed by atoms with E-state index in [1.807, 2.05) is 62.4 Å². The second-order valence-corrected chi connectivity index (χ2v) is 8.60. The zero-order valence-corrected chi connectivity index (χ0v) is 18.6. The molecule has 3 rings (SSSR count). The molecule has 4 nitrogen and oxygen atoms in total. The second kappa shape index (κ2) is 10.6. The van der Waals surface area contributed by atoms with E-state index < -0.39 is 6.04 Å². The predicted molar refractivity (Wildman–Crippen MR) is 121 cm³/mol. The van der Waals surface area contributed by atoms with Gasteiger partial charge in [-0.15, -0.1) is 0 Å². The van der Waals surface area contributed by atoms with E-state index >= 15 is 0 Å². The van der Waals surface area contributed by atoms with Crippen LogP contribution in [0.5, 0.6) is 0 Å². The molecule has 2 aromatic rings. The van der Waals surface area contributed by atoms with Crippen molar-refractivity contribution in [1.82, 2.24) is 10.2 Å². The van der Waals surface area contributed by atoms with Gasteiger partial charge in [0.2, 0.25) is 11.8 Å². The summed E-state index contributed by atoms with van der Waals surface area (Å²) in [7, 11) is 0. The molecule has 0 aliphatic heterocycles. The molecule has 0 radical (unpaired) electrons. The van der Waals surface area contributed by atoms with Gasteiger partial charge in [0.05, 0.1) is 6.42 Å². The van der Waals surface area contributed by atoms with Crippen LogP contribution in [-0.4, -0.2) is 28.8 Å². The highest BCUT2D eigenvalue weighted by Crippen LogP contribution is 2.22. The maximum Gasteiger partial charge on any atom is 0.243 e. The van der Waals surface area contributed by atoms with Gasteiger partial charge >= 0.3 is 0 Å². The van der Waals surface area contributed by atoms with Gasteiger partial charge in [-0.2, -0.15) is 0 Å². The normalized spacial score (nSPS) is 15.0. The van der Waals surface area contributed by atoms with E-state index in [1.165, 1.54) is 0 Å². The lowest BCUT2D eigenvalue weighted by Crippen LogP contribution is -2.51. The molecular formula is C25H31ClN2O2. The van der Waals surface area contributed by atoms with Crippen molar-refractivity contribution in [3.63, 3.8) is 0 Å². The van der Waals surface area contributed by atoms with Crippen LogP contribution in [0.3, 0.4) is 0 Å². The molecule has 1 atom stereocenters. The molecule has 0 unspecified atom stereocenters. The second-order valence-electron chi connectivity index (χ2n) is 8.19. The van der Waals surface area contributed by atoms with Gasteiger partial charge in [-0.1, -0.05) is 79.4 Å². The standard InChI is InChI=1S/C25H31ClN2O2/c1-3-23(25(30)27-21-9-5-6-10-21)28(17-20-8-4-7-11-22(20)26)24(29)16-19-14-12-18(2)13-15-19/h4,7-8,11-15,21,23H,3,5-6,9-10,16-17H2,1-2H3,(H,27,30)/t23-/m0/s1. The Bertz CT molecular complexity index is 860. The Morgan fingerprint density at radius 1 is 1.10 bits per heavy atom. The number of hydrogen-bond donors (Lipinski definition) is 1. The summed E-state index contributed by atoms with van der Waals surface area (Å²) < 4.78 is 0. The number of amides is 2. The van der Waals surface area contributed by atoms with Crippen molar-refractivity contribution < 1.29 is 9.59 Å². The molecule has 1 saturated carbocycles. The van der Waals surface area contributed by atoms with E-state index in [4.69, 9.17) is 11.6 Å². The maximum absolute atomic E-state index is 13.4. The number of benzene rings is 2. The van der Waals surface area contributed by atoms with E-state index in [-0.39, 0.29) is 24.3 Å². The van der Waals surface area contributed by atoms with Crippen molar-refractivity contribution in [2.24, 2.45) is 0 Å². The van der Waals surface area contributed by atoms with Gasteiger partial charge in [-0.05, 0) is 43.4 Å². The van der Waals surface area contributed by atoms with Gasteiger partial charge in [0.25, 0.3) is 0 Å². The van der Waals surface area contributed by atoms with Crippen LogP contribution in [0.15, 0.2) is 48.5 Å². The molecule has 0 spiro atoms. The summed E-state index contributed by atoms with van der Waals surface area (Å²) in [6.45, 7) is 4.30. The number of nitrogens with zero attached hydrogens (tertiary/aromatic N) is 1. The first-order valence-electron chi connectivity index (χ1n) is 10.9. The third-order valence-corrected chi connectivity index (χ3v) is 6.23. The van der Waals surface area contributed by atoms with E-state index in [0.29, 0.717) is 18.0 Å². The molecular weight excluding hydrogens is 396 g/mol. The number of rotatable bonds is 8. The summed E-state index contributed by atoms with van der Waals surface area (Å²) >= 11 is 6.38. The van der Waals surface area contributed by atoms with Gasteiger partial charge in [0, 0.05) is 17.6 Å². The van der Waals surface area contributed by atoms with Crippen LogP contribution >= 0.6 is 11.6 Å². The highest BCUT2D eigenvalue weighted by molar-refractivity contribution is 6.31. The van der Waals surface area contributed by atoms with Crippen LogP contribution in [0.25, 0.3) is 0 Å². The summed E-state index contributed by atoms with van der Waals surface area (Å²) in [5.74, 6) is -0.124. The molecule has 30 heavy (non-hydrogen) atoms. The molecule has 1 N–H and O–H groups in total. The van der Waals surface area contributed by atoms with Crippen molar-refractivity contribution >= 4 is 23.4 Å². The predicted octanol–water partition coefficient (Wildman–Crippen LogP) is 5.06. The molecule has 0 aromatic heterocycles. The van der Waals surface area contributed by atoms with E-state index in [9.17, 15) is 9.59 Å². The van der Waals surface area contributed by atoms with Crippen molar-refractivity contribution in [3.8, 4) is 0 Å². The first-order chi connectivity index (χ1) is 14.5. The largest absolute Gasteiger partial charge is 0.352 e. The summed E-state index contributed by atoms with van der Waals surface area (Å²) in [5, 5.41) is 3.78. The van der Waals surface area contributed by atoms with Crippen molar-refractivity contribution in [2.45, 2.75) is 71.0 Å². The van der Waals surface area contributed by atoms with Gasteiger partial charge < -0.3 is 10.2 Å². The number of hydrogen-bond acceptors (Lipinski definition) is 2. The van der Waals surface area contributed by atoms with Crippen molar-refractivity contribution in [1.29, 1.82) is 0 Å². The van der Waals surface area contributed by atoms with Crippen LogP contribution in [0.2, 0.25) is 5.02 Å². The third-order valence-electron chi connectivity index (χ3n) is 5.86. The summed E-state index contributed by atoms with van der Waals surface area (Å²) in [6, 6.07) is 15.2. The fraction of sp³-hybridized carbons (Fsp3) is 0.440. The molecule has 1 aliphatic carbocycles. The van der Waals surface area contributed by atoms with Crippen LogP contribution < -0.4 is 5.32 Å². The molecule has 1 fully saturated rings. The Morgan fingerprint density at radius 2 is 1.77 bits per heavy atom. The van der Waals surface area contributed by atoms with Crippen LogP contribution in [0, 0.1) is 6.92 Å². The maximum atomic E-state index is 13.4. The van der Waals surface area contributed by atoms with Crippen molar-refractivity contribution in [2.75, 3.05) is 0 Å². The van der Waals surface area contributed by atoms with E-state index in [1.54, 1.807) is 4.90 Å². The fourth-order valence-corrected chi connectivity index (χ4v) is 4.27. The number of aryl methyl sites for hydroxylation is 1. The van der Waals surface area contributed by atoms with Gasteiger partial charge in [0.15, 0.2) is 0 Å². The molecule has 2 amide bonds. The van der Waals surface area contributed by atoms with Crippen LogP contribution in [-0.2, 0) is 22.6 Å². The van der Waals surface area contributed by atoms with E-state index in [0.717, 1.165) is 42.4 Å². The SMILES string of the molecule is CC[C@@H](C(=O)NC1CCCC1)N(Cc1ccccc1Cl)C(=O)Cc1ccc(C)cc1. The van der Waals surface area contributed by atoms with Gasteiger partial charge in [-0.3, -0.25) is 9.59 Å². The fourth-order valence-electron chi connectivity index (χ4n) is 4.08. The average molecular weight is 427 g/mol. The minimum Gasteiger partial charge on any atom is -0.352 e. The Hall–Kier alpha value is -2.33. The Kier molecular flexibility index (Phi) is 7.92. The minimum atomic E-state index is -0.514. The topological polar surface area (TPSA) is 49.4 Å². The number of halogens is 1. The third kappa shape index (κ3) is 5.85. The summed E-state index contributed by atoms with van der Waals surface area (Å²) in [4.78, 5) is 28.2. The smallest absolute Gasteiger partial charge is 0.243 e. The average Bonchev–Trinajstić information content (AvgIpc) is 3.24. The molecule has 0 heterocycles. The molecule has 0 saturated heterocycles. The monoisotopic (exact) mass is 426 g/mol. The van der Waals surface area contributed by atoms with Crippen molar-refractivity contribution in [3.05, 3.63) is 70.2 Å². The number of carbonyl (C=O) groups excluding carboxylic acids is 2. The summed E-state index contributed by atoms with van der Waals surface area (Å²) in [6.07, 6.45) is 5.16. The lowest BCUT2D eigenvalue weighted by Gasteiger charge is -2.32. The quantitative estimate of drug-likeness (QED) is 0.641. The van der Waals surface area contributed by atoms with Crippen LogP contribution in [0.1, 0.15) is 55.7 Å². The first-order valence-corrected chi connectivity index (χ1v) is 11.2. The lowest BCUT2D eigenvalue weighted by molar-refractivity contribution is -0.141.